The first-order valence-electron chi connectivity index (χ1n) is 5.84. The van der Waals surface area contributed by atoms with Crippen molar-refractivity contribution in [3.05, 3.63) is 23.3 Å². The fourth-order valence-corrected chi connectivity index (χ4v) is 1.72. The highest BCUT2D eigenvalue weighted by Gasteiger charge is 2.26. The van der Waals surface area contributed by atoms with Gasteiger partial charge in [-0.25, -0.2) is 9.97 Å². The average Bonchev–Trinajstić information content (AvgIpc) is 3.01. The van der Waals surface area contributed by atoms with Crippen molar-refractivity contribution in [2.24, 2.45) is 5.73 Å². The fourth-order valence-electron chi connectivity index (χ4n) is 1.72. The molecule has 1 saturated carbocycles. The number of nitrogens with zero attached hydrogens (tertiary/aromatic N) is 2. The van der Waals surface area contributed by atoms with Crippen molar-refractivity contribution in [1.29, 1.82) is 0 Å². The number of rotatable bonds is 4. The number of nitrogens with two attached hydrogens (primary N) is 1. The van der Waals surface area contributed by atoms with Crippen molar-refractivity contribution >= 4 is 0 Å². The van der Waals surface area contributed by atoms with Crippen molar-refractivity contribution in [2.75, 3.05) is 0 Å². The summed E-state index contributed by atoms with van der Waals surface area (Å²) < 4.78 is 0. The lowest BCUT2D eigenvalue weighted by Crippen LogP contribution is -2.12. The van der Waals surface area contributed by atoms with Gasteiger partial charge in [-0.3, -0.25) is 0 Å². The summed E-state index contributed by atoms with van der Waals surface area (Å²) in [6, 6.07) is 2.10. The summed E-state index contributed by atoms with van der Waals surface area (Å²) in [6.07, 6.45) is 4.71. The van der Waals surface area contributed by atoms with Gasteiger partial charge in [-0.05, 0) is 32.3 Å². The minimum Gasteiger partial charge on any atom is -0.322 e. The molecule has 1 unspecified atom stereocenters. The topological polar surface area (TPSA) is 51.8 Å². The Labute approximate surface area is 91.1 Å². The molecule has 1 aliphatic carbocycles. The van der Waals surface area contributed by atoms with E-state index in [4.69, 9.17) is 5.73 Å². The minimum absolute atomic E-state index is 0.0562. The summed E-state index contributed by atoms with van der Waals surface area (Å²) in [7, 11) is 0. The molecular formula is C12H19N3. The van der Waals surface area contributed by atoms with Gasteiger partial charge in [-0.2, -0.15) is 0 Å². The van der Waals surface area contributed by atoms with Crippen molar-refractivity contribution in [3.8, 4) is 0 Å². The molecule has 1 fully saturated rings. The van der Waals surface area contributed by atoms with Gasteiger partial charge in [-0.1, -0.05) is 13.3 Å². The van der Waals surface area contributed by atoms with E-state index in [1.54, 1.807) is 0 Å². The van der Waals surface area contributed by atoms with Gasteiger partial charge in [0.2, 0.25) is 0 Å². The predicted molar refractivity (Wildman–Crippen MR) is 60.6 cm³/mol. The van der Waals surface area contributed by atoms with E-state index in [1.807, 2.05) is 6.92 Å². The molecule has 0 bridgehead atoms. The molecule has 82 valence electrons. The molecule has 3 heteroatoms. The lowest BCUT2D eigenvalue weighted by atomic mass is 10.1. The van der Waals surface area contributed by atoms with Crippen LogP contribution in [0.5, 0.6) is 0 Å². The molecule has 0 amide bonds. The van der Waals surface area contributed by atoms with Gasteiger partial charge in [0.15, 0.2) is 0 Å². The van der Waals surface area contributed by atoms with E-state index >= 15 is 0 Å². The zero-order chi connectivity index (χ0) is 10.8. The maximum Gasteiger partial charge on any atom is 0.145 e. The van der Waals surface area contributed by atoms with Crippen LogP contribution in [-0.2, 0) is 6.42 Å². The van der Waals surface area contributed by atoms with Crippen LogP contribution in [-0.4, -0.2) is 9.97 Å². The van der Waals surface area contributed by atoms with E-state index in [9.17, 15) is 0 Å². The van der Waals surface area contributed by atoms with E-state index in [1.165, 1.54) is 18.5 Å². The van der Waals surface area contributed by atoms with Gasteiger partial charge < -0.3 is 5.73 Å². The van der Waals surface area contributed by atoms with E-state index < -0.39 is 0 Å². The Hall–Kier alpha value is -0.960. The van der Waals surface area contributed by atoms with Crippen molar-refractivity contribution in [2.45, 2.75) is 51.5 Å². The molecule has 2 N–H and O–H groups in total. The first-order chi connectivity index (χ1) is 7.20. The predicted octanol–water partition coefficient (Wildman–Crippen LogP) is 2.33. The Balaban J connectivity index is 2.30. The molecule has 1 atom stereocenters. The normalized spacial score (nSPS) is 17.8. The van der Waals surface area contributed by atoms with Crippen LogP contribution in [0.3, 0.4) is 0 Å². The molecule has 1 aromatic heterocycles. The third-order valence-corrected chi connectivity index (χ3v) is 2.73. The standard InChI is InChI=1S/C12H19N3/c1-3-4-10-7-11(9-5-6-9)15-12(14-10)8(2)13/h7-9H,3-6,13H2,1-2H3. The Morgan fingerprint density at radius 3 is 2.73 bits per heavy atom. The van der Waals surface area contributed by atoms with Gasteiger partial charge in [-0.15, -0.1) is 0 Å². The zero-order valence-corrected chi connectivity index (χ0v) is 9.53. The van der Waals surface area contributed by atoms with Crippen molar-refractivity contribution in [1.82, 2.24) is 9.97 Å². The van der Waals surface area contributed by atoms with Crippen LogP contribution in [0.1, 0.15) is 62.3 Å². The fraction of sp³-hybridized carbons (Fsp3) is 0.667. The third-order valence-electron chi connectivity index (χ3n) is 2.73. The van der Waals surface area contributed by atoms with Gasteiger partial charge in [0.05, 0.1) is 6.04 Å². The second kappa shape index (κ2) is 4.27. The minimum atomic E-state index is -0.0562. The first-order valence-corrected chi connectivity index (χ1v) is 5.84. The van der Waals surface area contributed by atoms with Crippen LogP contribution < -0.4 is 5.73 Å². The molecule has 0 saturated heterocycles. The highest BCUT2D eigenvalue weighted by Crippen LogP contribution is 2.39. The van der Waals surface area contributed by atoms with Crippen molar-refractivity contribution < 1.29 is 0 Å². The molecule has 15 heavy (non-hydrogen) atoms. The molecule has 1 aromatic rings. The Morgan fingerprint density at radius 2 is 2.20 bits per heavy atom. The lowest BCUT2D eigenvalue weighted by Gasteiger charge is -2.09. The second-order valence-corrected chi connectivity index (χ2v) is 4.46. The van der Waals surface area contributed by atoms with E-state index in [0.29, 0.717) is 5.92 Å². The Morgan fingerprint density at radius 1 is 1.47 bits per heavy atom. The quantitative estimate of drug-likeness (QED) is 0.820. The molecular weight excluding hydrogens is 186 g/mol. The number of aryl methyl sites for hydroxylation is 1. The molecule has 0 aliphatic heterocycles. The summed E-state index contributed by atoms with van der Waals surface area (Å²) in [5.74, 6) is 1.49. The smallest absolute Gasteiger partial charge is 0.145 e. The lowest BCUT2D eigenvalue weighted by molar-refractivity contribution is 0.706. The van der Waals surface area contributed by atoms with E-state index in [2.05, 4.69) is 23.0 Å². The van der Waals surface area contributed by atoms with Gasteiger partial charge >= 0.3 is 0 Å². The molecule has 0 radical (unpaired) electrons. The highest BCUT2D eigenvalue weighted by atomic mass is 14.9. The summed E-state index contributed by atoms with van der Waals surface area (Å²) >= 11 is 0. The van der Waals surface area contributed by atoms with Gasteiger partial charge in [0.1, 0.15) is 5.82 Å². The maximum absolute atomic E-state index is 5.84. The SMILES string of the molecule is CCCc1cc(C2CC2)nc(C(C)N)n1. The summed E-state index contributed by atoms with van der Waals surface area (Å²) in [5, 5.41) is 0. The molecule has 0 aromatic carbocycles. The monoisotopic (exact) mass is 205 g/mol. The van der Waals surface area contributed by atoms with E-state index in [-0.39, 0.29) is 6.04 Å². The molecule has 0 spiro atoms. The number of aromatic nitrogens is 2. The number of hydrogen-bond donors (Lipinski definition) is 1. The zero-order valence-electron chi connectivity index (χ0n) is 9.53. The van der Waals surface area contributed by atoms with Gasteiger partial charge in [0, 0.05) is 17.3 Å². The molecule has 3 nitrogen and oxygen atoms in total. The largest absolute Gasteiger partial charge is 0.322 e. The average molecular weight is 205 g/mol. The van der Waals surface area contributed by atoms with E-state index in [0.717, 1.165) is 24.4 Å². The molecule has 1 aliphatic rings. The van der Waals surface area contributed by atoms with Crippen LogP contribution >= 0.6 is 0 Å². The van der Waals surface area contributed by atoms with Crippen LogP contribution in [0, 0.1) is 0 Å². The van der Waals surface area contributed by atoms with Crippen LogP contribution in [0.2, 0.25) is 0 Å². The Kier molecular flexibility index (Phi) is 3.00. The van der Waals surface area contributed by atoms with Crippen LogP contribution in [0.4, 0.5) is 0 Å². The molecule has 2 rings (SSSR count). The number of hydrogen-bond acceptors (Lipinski definition) is 3. The van der Waals surface area contributed by atoms with Crippen LogP contribution in [0.15, 0.2) is 6.07 Å². The summed E-state index contributed by atoms with van der Waals surface area (Å²) in [5.41, 5.74) is 8.21. The first kappa shape index (κ1) is 10.6. The van der Waals surface area contributed by atoms with Crippen molar-refractivity contribution in [3.63, 3.8) is 0 Å². The summed E-state index contributed by atoms with van der Waals surface area (Å²) in [4.78, 5) is 9.04. The van der Waals surface area contributed by atoms with Gasteiger partial charge in [0.25, 0.3) is 0 Å². The highest BCUT2D eigenvalue weighted by molar-refractivity contribution is 5.20. The van der Waals surface area contributed by atoms with Crippen LogP contribution in [0.25, 0.3) is 0 Å². The second-order valence-electron chi connectivity index (χ2n) is 4.46. The Bertz CT molecular complexity index is 322. The summed E-state index contributed by atoms with van der Waals surface area (Å²) in [6.45, 7) is 4.12. The third kappa shape index (κ3) is 2.53. The maximum atomic E-state index is 5.84. The molecule has 1 heterocycles.